The molecule has 3 aromatic heterocycles. The zero-order valence-corrected chi connectivity index (χ0v) is 23.7. The number of aromatic nitrogens is 5. The van der Waals surface area contributed by atoms with E-state index >= 15 is 0 Å². The summed E-state index contributed by atoms with van der Waals surface area (Å²) in [6, 6.07) is 28.5. The van der Waals surface area contributed by atoms with Crippen molar-refractivity contribution in [3.63, 3.8) is 0 Å². The SMILES string of the molecule is Cc1cccc(-c2nccc(Nc3ccnc(Nc4ccc(N5CCC(CNCc6ccccc6)CC5)cc4)n3)n2)n1. The van der Waals surface area contributed by atoms with E-state index in [1.54, 1.807) is 18.5 Å². The standard InChI is InChI=1S/C33H35N9/c1-24-6-5-9-29(37-24)32-35-18-14-30(40-32)39-31-15-19-36-33(41-31)38-27-10-12-28(13-11-27)42-20-16-26(17-21-42)23-34-22-25-7-3-2-4-8-25/h2-15,18-19,26,34H,16-17,20-23H2,1H3,(H2,35,36,38,39,40,41). The highest BCUT2D eigenvalue weighted by atomic mass is 15.2. The number of hydrogen-bond acceptors (Lipinski definition) is 9. The number of aryl methyl sites for hydroxylation is 1. The molecule has 1 aliphatic rings. The molecule has 42 heavy (non-hydrogen) atoms. The number of piperidine rings is 1. The predicted octanol–water partition coefficient (Wildman–Crippen LogP) is 6.13. The second-order valence-electron chi connectivity index (χ2n) is 10.5. The molecule has 0 bridgehead atoms. The monoisotopic (exact) mass is 557 g/mol. The van der Waals surface area contributed by atoms with E-state index in [2.05, 4.69) is 100 Å². The van der Waals surface area contributed by atoms with E-state index in [4.69, 9.17) is 0 Å². The maximum absolute atomic E-state index is 4.62. The van der Waals surface area contributed by atoms with E-state index in [0.29, 0.717) is 23.4 Å². The van der Waals surface area contributed by atoms with E-state index in [9.17, 15) is 0 Å². The van der Waals surface area contributed by atoms with Gasteiger partial charge in [0.2, 0.25) is 5.95 Å². The summed E-state index contributed by atoms with van der Waals surface area (Å²) in [6.45, 7) is 6.11. The third-order valence-electron chi connectivity index (χ3n) is 7.39. The van der Waals surface area contributed by atoms with Gasteiger partial charge in [0, 0.05) is 49.1 Å². The Balaban J connectivity index is 1.01. The van der Waals surface area contributed by atoms with Crippen molar-refractivity contribution in [3.05, 3.63) is 109 Å². The van der Waals surface area contributed by atoms with E-state index in [0.717, 1.165) is 49.2 Å². The van der Waals surface area contributed by atoms with Gasteiger partial charge in [-0.1, -0.05) is 36.4 Å². The molecular formula is C33H35N9. The number of nitrogens with one attached hydrogen (secondary N) is 3. The fraction of sp³-hybridized carbons (Fsp3) is 0.242. The second kappa shape index (κ2) is 13.2. The van der Waals surface area contributed by atoms with Crippen LogP contribution in [0, 0.1) is 12.8 Å². The second-order valence-corrected chi connectivity index (χ2v) is 10.5. The Labute approximate surface area is 246 Å². The highest BCUT2D eigenvalue weighted by Crippen LogP contribution is 2.26. The van der Waals surface area contributed by atoms with Crippen molar-refractivity contribution in [2.24, 2.45) is 5.92 Å². The van der Waals surface area contributed by atoms with Crippen molar-refractivity contribution in [2.45, 2.75) is 26.3 Å². The van der Waals surface area contributed by atoms with Gasteiger partial charge in [0.1, 0.15) is 17.3 Å². The molecule has 212 valence electrons. The van der Waals surface area contributed by atoms with Gasteiger partial charge in [0.05, 0.1) is 0 Å². The van der Waals surface area contributed by atoms with Crippen LogP contribution < -0.4 is 20.9 Å². The van der Waals surface area contributed by atoms with Crippen LogP contribution in [0.15, 0.2) is 97.3 Å². The summed E-state index contributed by atoms with van der Waals surface area (Å²) in [7, 11) is 0. The molecule has 0 aliphatic carbocycles. The van der Waals surface area contributed by atoms with Crippen LogP contribution in [0.4, 0.5) is 29.0 Å². The van der Waals surface area contributed by atoms with Gasteiger partial charge in [0.25, 0.3) is 0 Å². The zero-order valence-electron chi connectivity index (χ0n) is 23.7. The third kappa shape index (κ3) is 7.24. The summed E-state index contributed by atoms with van der Waals surface area (Å²) in [5.74, 6) is 3.04. The molecule has 6 rings (SSSR count). The molecule has 5 aromatic rings. The number of benzene rings is 2. The summed E-state index contributed by atoms with van der Waals surface area (Å²) in [5, 5.41) is 10.2. The normalized spacial score (nSPS) is 13.6. The molecule has 2 aromatic carbocycles. The first kappa shape index (κ1) is 27.3. The first-order valence-corrected chi connectivity index (χ1v) is 14.4. The van der Waals surface area contributed by atoms with E-state index in [1.165, 1.54) is 24.1 Å². The Morgan fingerprint density at radius 1 is 0.738 bits per heavy atom. The molecule has 0 unspecified atom stereocenters. The number of nitrogens with zero attached hydrogens (tertiary/aromatic N) is 6. The number of rotatable bonds is 10. The van der Waals surface area contributed by atoms with Crippen molar-refractivity contribution in [1.29, 1.82) is 0 Å². The summed E-state index contributed by atoms with van der Waals surface area (Å²) >= 11 is 0. The maximum atomic E-state index is 4.62. The molecular weight excluding hydrogens is 522 g/mol. The average Bonchev–Trinajstić information content (AvgIpc) is 3.03. The van der Waals surface area contributed by atoms with Crippen molar-refractivity contribution < 1.29 is 0 Å². The van der Waals surface area contributed by atoms with Crippen LogP contribution in [0.25, 0.3) is 11.5 Å². The van der Waals surface area contributed by atoms with Crippen molar-refractivity contribution in [2.75, 3.05) is 35.2 Å². The van der Waals surface area contributed by atoms with Gasteiger partial charge < -0.3 is 20.9 Å². The molecule has 0 spiro atoms. The fourth-order valence-electron chi connectivity index (χ4n) is 5.14. The largest absolute Gasteiger partial charge is 0.372 e. The molecule has 0 atom stereocenters. The average molecular weight is 558 g/mol. The highest BCUT2D eigenvalue weighted by Gasteiger charge is 2.19. The number of pyridine rings is 1. The molecule has 3 N–H and O–H groups in total. The Kier molecular flexibility index (Phi) is 8.56. The lowest BCUT2D eigenvalue weighted by Crippen LogP contribution is -2.37. The summed E-state index contributed by atoms with van der Waals surface area (Å²) < 4.78 is 0. The van der Waals surface area contributed by atoms with Crippen LogP contribution >= 0.6 is 0 Å². The minimum atomic E-state index is 0.506. The van der Waals surface area contributed by atoms with Crippen LogP contribution in [0.2, 0.25) is 0 Å². The van der Waals surface area contributed by atoms with Crippen LogP contribution in [0.1, 0.15) is 24.1 Å². The molecule has 0 amide bonds. The van der Waals surface area contributed by atoms with Gasteiger partial charge in [-0.2, -0.15) is 4.98 Å². The Morgan fingerprint density at radius 3 is 2.29 bits per heavy atom. The lowest BCUT2D eigenvalue weighted by molar-refractivity contribution is 0.382. The molecule has 9 nitrogen and oxygen atoms in total. The smallest absolute Gasteiger partial charge is 0.229 e. The quantitative estimate of drug-likeness (QED) is 0.187. The van der Waals surface area contributed by atoms with Gasteiger partial charge in [-0.05, 0) is 86.3 Å². The third-order valence-corrected chi connectivity index (χ3v) is 7.39. The fourth-order valence-corrected chi connectivity index (χ4v) is 5.14. The first-order valence-electron chi connectivity index (χ1n) is 14.4. The topological polar surface area (TPSA) is 104 Å². The Bertz CT molecular complexity index is 1580. The van der Waals surface area contributed by atoms with Crippen LogP contribution in [0.5, 0.6) is 0 Å². The summed E-state index contributed by atoms with van der Waals surface area (Å²) in [4.78, 5) is 25.0. The minimum absolute atomic E-state index is 0.506. The Hall–Kier alpha value is -4.89. The molecule has 1 saturated heterocycles. The van der Waals surface area contributed by atoms with Gasteiger partial charge in [-0.3, -0.25) is 0 Å². The van der Waals surface area contributed by atoms with Crippen molar-refractivity contribution >= 4 is 29.0 Å². The van der Waals surface area contributed by atoms with Gasteiger partial charge in [-0.25, -0.2) is 19.9 Å². The predicted molar refractivity (Wildman–Crippen MR) is 168 cm³/mol. The van der Waals surface area contributed by atoms with E-state index < -0.39 is 0 Å². The molecule has 0 saturated carbocycles. The van der Waals surface area contributed by atoms with Gasteiger partial charge in [0.15, 0.2) is 5.82 Å². The lowest BCUT2D eigenvalue weighted by Gasteiger charge is -2.34. The van der Waals surface area contributed by atoms with Gasteiger partial charge >= 0.3 is 0 Å². The van der Waals surface area contributed by atoms with Crippen LogP contribution in [-0.4, -0.2) is 44.6 Å². The van der Waals surface area contributed by atoms with Gasteiger partial charge in [-0.15, -0.1) is 0 Å². The zero-order chi connectivity index (χ0) is 28.6. The summed E-state index contributed by atoms with van der Waals surface area (Å²) in [5.41, 5.74) is 5.17. The summed E-state index contributed by atoms with van der Waals surface area (Å²) in [6.07, 6.45) is 5.83. The van der Waals surface area contributed by atoms with Crippen molar-refractivity contribution in [3.8, 4) is 11.5 Å². The molecule has 0 radical (unpaired) electrons. The Morgan fingerprint density at radius 2 is 1.50 bits per heavy atom. The van der Waals surface area contributed by atoms with E-state index in [-0.39, 0.29) is 0 Å². The maximum Gasteiger partial charge on any atom is 0.229 e. The first-order chi connectivity index (χ1) is 20.7. The van der Waals surface area contributed by atoms with E-state index in [1.807, 2.05) is 31.2 Å². The number of hydrogen-bond donors (Lipinski definition) is 3. The number of anilines is 5. The van der Waals surface area contributed by atoms with Crippen LogP contribution in [-0.2, 0) is 6.54 Å². The molecule has 4 heterocycles. The van der Waals surface area contributed by atoms with Crippen molar-refractivity contribution in [1.82, 2.24) is 30.2 Å². The lowest BCUT2D eigenvalue weighted by atomic mass is 9.96. The molecule has 1 aliphatic heterocycles. The van der Waals surface area contributed by atoms with Crippen LogP contribution in [0.3, 0.4) is 0 Å². The molecule has 9 heteroatoms. The minimum Gasteiger partial charge on any atom is -0.372 e. The highest BCUT2D eigenvalue weighted by molar-refractivity contribution is 5.62. The molecule has 1 fully saturated rings.